The largest absolute Gasteiger partial charge is 0.367 e. The molecule has 3 aromatic rings. The highest BCUT2D eigenvalue weighted by Crippen LogP contribution is 2.25. The van der Waals surface area contributed by atoms with Gasteiger partial charge in [-0.15, -0.1) is 0 Å². The third-order valence-electron chi connectivity index (χ3n) is 4.67. The number of hydrogen-bond donors (Lipinski definition) is 1. The summed E-state index contributed by atoms with van der Waals surface area (Å²) < 4.78 is 7.71. The molecule has 4 rings (SSSR count). The number of morpholine rings is 1. The molecule has 26 heavy (non-hydrogen) atoms. The average molecular weight is 352 g/mol. The standard InChI is InChI=1S/C19H20N4O3/c1-12-9-17(24)21-18(20-12)16-11-23(7-8-26-16)19(25)14-10-22(2)15-6-4-3-5-13(14)15/h3-6,9-10,16H,7-8,11H2,1-2H3,(H,20,21,24). The van der Waals surface area contributed by atoms with Crippen LogP contribution in [-0.4, -0.2) is 45.0 Å². The highest BCUT2D eigenvalue weighted by molar-refractivity contribution is 6.07. The van der Waals surface area contributed by atoms with Gasteiger partial charge in [0.1, 0.15) is 11.9 Å². The zero-order valence-corrected chi connectivity index (χ0v) is 14.7. The van der Waals surface area contributed by atoms with Gasteiger partial charge in [-0.2, -0.15) is 0 Å². The fourth-order valence-corrected chi connectivity index (χ4v) is 3.44. The summed E-state index contributed by atoms with van der Waals surface area (Å²) in [7, 11) is 1.93. The number of H-pyrrole nitrogens is 1. The second kappa shape index (κ2) is 6.42. The van der Waals surface area contributed by atoms with Crippen LogP contribution in [0.15, 0.2) is 41.3 Å². The van der Waals surface area contributed by atoms with Gasteiger partial charge in [-0.1, -0.05) is 18.2 Å². The molecule has 0 bridgehead atoms. The number of fused-ring (bicyclic) bond motifs is 1. The molecule has 134 valence electrons. The Morgan fingerprint density at radius 2 is 2.15 bits per heavy atom. The van der Waals surface area contributed by atoms with Crippen LogP contribution in [0, 0.1) is 6.92 Å². The Bertz CT molecular complexity index is 1040. The summed E-state index contributed by atoms with van der Waals surface area (Å²) in [5.74, 6) is 0.426. The van der Waals surface area contributed by atoms with E-state index in [-0.39, 0.29) is 11.5 Å². The predicted octanol–water partition coefficient (Wildman–Crippen LogP) is 1.78. The van der Waals surface area contributed by atoms with Gasteiger partial charge in [-0.25, -0.2) is 4.98 Å². The monoisotopic (exact) mass is 352 g/mol. The van der Waals surface area contributed by atoms with E-state index in [9.17, 15) is 9.59 Å². The normalized spacial score (nSPS) is 17.6. The van der Waals surface area contributed by atoms with Crippen LogP contribution in [0.1, 0.15) is 28.0 Å². The molecule has 1 aromatic carbocycles. The lowest BCUT2D eigenvalue weighted by molar-refractivity contribution is -0.0269. The topological polar surface area (TPSA) is 80.2 Å². The number of ether oxygens (including phenoxy) is 1. The molecule has 1 N–H and O–H groups in total. The number of nitrogens with one attached hydrogen (secondary N) is 1. The van der Waals surface area contributed by atoms with E-state index >= 15 is 0 Å². The third-order valence-corrected chi connectivity index (χ3v) is 4.67. The van der Waals surface area contributed by atoms with E-state index in [2.05, 4.69) is 9.97 Å². The zero-order valence-electron chi connectivity index (χ0n) is 14.7. The second-order valence-corrected chi connectivity index (χ2v) is 6.55. The second-order valence-electron chi connectivity index (χ2n) is 6.55. The number of carbonyl (C=O) groups excluding carboxylic acids is 1. The molecule has 0 saturated carbocycles. The molecular weight excluding hydrogens is 332 g/mol. The van der Waals surface area contributed by atoms with Gasteiger partial charge in [0, 0.05) is 42.5 Å². The molecular formula is C19H20N4O3. The van der Waals surface area contributed by atoms with E-state index in [4.69, 9.17) is 4.74 Å². The maximum Gasteiger partial charge on any atom is 0.256 e. The Morgan fingerprint density at radius 3 is 2.96 bits per heavy atom. The Kier molecular flexibility index (Phi) is 4.08. The van der Waals surface area contributed by atoms with Gasteiger partial charge >= 0.3 is 0 Å². The lowest BCUT2D eigenvalue weighted by Crippen LogP contribution is -2.43. The summed E-state index contributed by atoms with van der Waals surface area (Å²) in [4.78, 5) is 33.6. The van der Waals surface area contributed by atoms with Crippen LogP contribution in [0.25, 0.3) is 10.9 Å². The molecule has 1 fully saturated rings. The van der Waals surface area contributed by atoms with Gasteiger partial charge in [-0.3, -0.25) is 9.59 Å². The first-order valence-corrected chi connectivity index (χ1v) is 8.56. The number of carbonyl (C=O) groups is 1. The van der Waals surface area contributed by atoms with E-state index in [1.165, 1.54) is 6.07 Å². The van der Waals surface area contributed by atoms with Crippen molar-refractivity contribution in [3.05, 3.63) is 64.0 Å². The SMILES string of the molecule is Cc1cc(=O)[nH]c(C2CN(C(=O)c3cn(C)c4ccccc34)CCO2)n1. The highest BCUT2D eigenvalue weighted by Gasteiger charge is 2.29. The Morgan fingerprint density at radius 1 is 1.35 bits per heavy atom. The third kappa shape index (κ3) is 2.90. The van der Waals surface area contributed by atoms with Crippen molar-refractivity contribution in [1.82, 2.24) is 19.4 Å². The molecule has 1 aliphatic rings. The lowest BCUT2D eigenvalue weighted by Gasteiger charge is -2.32. The van der Waals surface area contributed by atoms with Crippen molar-refractivity contribution in [2.75, 3.05) is 19.7 Å². The van der Waals surface area contributed by atoms with Crippen molar-refractivity contribution in [3.63, 3.8) is 0 Å². The lowest BCUT2D eigenvalue weighted by atomic mass is 10.1. The molecule has 1 unspecified atom stereocenters. The number of aryl methyl sites for hydroxylation is 2. The molecule has 1 amide bonds. The van der Waals surface area contributed by atoms with Gasteiger partial charge in [0.05, 0.1) is 18.7 Å². The number of hydrogen-bond acceptors (Lipinski definition) is 4. The molecule has 1 aliphatic heterocycles. The Labute approximate surface area is 150 Å². The Hall–Kier alpha value is -2.93. The van der Waals surface area contributed by atoms with Crippen molar-refractivity contribution in [3.8, 4) is 0 Å². The fraction of sp³-hybridized carbons (Fsp3) is 0.316. The molecule has 0 aliphatic carbocycles. The van der Waals surface area contributed by atoms with Gasteiger partial charge in [0.25, 0.3) is 11.5 Å². The minimum absolute atomic E-state index is 0.0369. The van der Waals surface area contributed by atoms with Crippen molar-refractivity contribution >= 4 is 16.8 Å². The average Bonchev–Trinajstić information content (AvgIpc) is 2.98. The summed E-state index contributed by atoms with van der Waals surface area (Å²) in [6.45, 7) is 3.03. The van der Waals surface area contributed by atoms with E-state index < -0.39 is 6.10 Å². The van der Waals surface area contributed by atoms with Crippen LogP contribution in [-0.2, 0) is 11.8 Å². The number of rotatable bonds is 2. The maximum atomic E-state index is 13.1. The molecule has 0 spiro atoms. The van der Waals surface area contributed by atoms with Crippen molar-refractivity contribution in [2.24, 2.45) is 7.05 Å². The van der Waals surface area contributed by atoms with Crippen LogP contribution in [0.4, 0.5) is 0 Å². The quantitative estimate of drug-likeness (QED) is 0.762. The first-order chi connectivity index (χ1) is 12.5. The van der Waals surface area contributed by atoms with Crippen LogP contribution >= 0.6 is 0 Å². The van der Waals surface area contributed by atoms with Crippen LogP contribution in [0.2, 0.25) is 0 Å². The summed E-state index contributed by atoms with van der Waals surface area (Å²) >= 11 is 0. The number of aromatic nitrogens is 3. The van der Waals surface area contributed by atoms with E-state index in [1.807, 2.05) is 42.1 Å². The first-order valence-electron chi connectivity index (χ1n) is 8.56. The molecule has 7 heteroatoms. The maximum absolute atomic E-state index is 13.1. The molecule has 7 nitrogen and oxygen atoms in total. The van der Waals surface area contributed by atoms with E-state index in [0.29, 0.717) is 36.8 Å². The number of amides is 1. The zero-order chi connectivity index (χ0) is 18.3. The molecule has 3 heterocycles. The summed E-state index contributed by atoms with van der Waals surface area (Å²) in [5, 5.41) is 0.935. The van der Waals surface area contributed by atoms with Gasteiger partial charge in [-0.05, 0) is 13.0 Å². The van der Waals surface area contributed by atoms with Crippen LogP contribution in [0.5, 0.6) is 0 Å². The van der Waals surface area contributed by atoms with Crippen molar-refractivity contribution in [2.45, 2.75) is 13.0 Å². The highest BCUT2D eigenvalue weighted by atomic mass is 16.5. The van der Waals surface area contributed by atoms with Gasteiger partial charge in [0.2, 0.25) is 0 Å². The molecule has 1 saturated heterocycles. The summed E-state index contributed by atoms with van der Waals surface area (Å²) in [6, 6.07) is 9.28. The Balaban J connectivity index is 1.63. The fourth-order valence-electron chi connectivity index (χ4n) is 3.44. The summed E-state index contributed by atoms with van der Waals surface area (Å²) in [6.07, 6.45) is 1.43. The first kappa shape index (κ1) is 16.5. The molecule has 0 radical (unpaired) electrons. The van der Waals surface area contributed by atoms with Crippen molar-refractivity contribution in [1.29, 1.82) is 0 Å². The van der Waals surface area contributed by atoms with Crippen LogP contribution in [0.3, 0.4) is 0 Å². The predicted molar refractivity (Wildman–Crippen MR) is 97.1 cm³/mol. The number of nitrogens with zero attached hydrogens (tertiary/aromatic N) is 3. The number of aromatic amines is 1. The minimum atomic E-state index is -0.435. The number of benzene rings is 1. The minimum Gasteiger partial charge on any atom is -0.367 e. The van der Waals surface area contributed by atoms with E-state index in [0.717, 1.165) is 10.9 Å². The van der Waals surface area contributed by atoms with Gasteiger partial charge < -0.3 is 19.2 Å². The molecule has 1 atom stereocenters. The number of para-hydroxylation sites is 1. The molecule has 2 aromatic heterocycles. The summed E-state index contributed by atoms with van der Waals surface area (Å²) in [5.41, 5.74) is 2.11. The van der Waals surface area contributed by atoms with E-state index in [1.54, 1.807) is 11.8 Å². The van der Waals surface area contributed by atoms with Gasteiger partial charge in [0.15, 0.2) is 0 Å². The van der Waals surface area contributed by atoms with Crippen molar-refractivity contribution < 1.29 is 9.53 Å². The smallest absolute Gasteiger partial charge is 0.256 e. The van der Waals surface area contributed by atoms with Crippen LogP contribution < -0.4 is 5.56 Å².